The number of hydrogen-bond acceptors (Lipinski definition) is 3. The summed E-state index contributed by atoms with van der Waals surface area (Å²) in [6.45, 7) is 2.30. The highest BCUT2D eigenvalue weighted by atomic mass is 35.5. The molecule has 0 aliphatic heterocycles. The first kappa shape index (κ1) is 23.2. The van der Waals surface area contributed by atoms with Crippen LogP contribution in [0.1, 0.15) is 17.7 Å². The van der Waals surface area contributed by atoms with Gasteiger partial charge in [-0.2, -0.15) is 0 Å². The molecule has 2 aromatic carbocycles. The number of rotatable bonds is 11. The molecular formula is C24H26Cl2N2O3. The summed E-state index contributed by atoms with van der Waals surface area (Å²) in [6.07, 6.45) is 2.76. The molecule has 0 saturated carbocycles. The van der Waals surface area contributed by atoms with E-state index in [4.69, 9.17) is 32.7 Å². The fraction of sp³-hybridized carbons (Fsp3) is 0.292. The van der Waals surface area contributed by atoms with Crippen LogP contribution in [0.4, 0.5) is 0 Å². The molecule has 31 heavy (non-hydrogen) atoms. The van der Waals surface area contributed by atoms with Crippen LogP contribution in [0, 0.1) is 0 Å². The minimum absolute atomic E-state index is 0.0381. The summed E-state index contributed by atoms with van der Waals surface area (Å²) in [5, 5.41) is 1.34. The number of halogens is 2. The lowest BCUT2D eigenvalue weighted by Gasteiger charge is -2.24. The van der Waals surface area contributed by atoms with Gasteiger partial charge in [-0.15, -0.1) is 0 Å². The maximum atomic E-state index is 12.9. The van der Waals surface area contributed by atoms with Gasteiger partial charge in [-0.05, 0) is 60.5 Å². The second-order valence-electron chi connectivity index (χ2n) is 7.16. The fourth-order valence-electron chi connectivity index (χ4n) is 3.23. The molecule has 0 aliphatic carbocycles. The molecule has 1 heterocycles. The molecule has 0 fully saturated rings. The van der Waals surface area contributed by atoms with Crippen LogP contribution in [0.3, 0.4) is 0 Å². The molecule has 3 rings (SSSR count). The Balaban J connectivity index is 1.66. The largest absolute Gasteiger partial charge is 0.484 e. The standard InChI is InChI=1S/C24H26Cl2N2O3/c1-30-14-4-13-28(24(29)18-31-23-10-8-20(25)9-11-23)17-22-7-3-12-27(22)16-19-5-2-6-21(26)15-19/h2-3,5-12,15H,4,13-14,16-18H2,1H3. The third-order valence-corrected chi connectivity index (χ3v) is 5.31. The number of methoxy groups -OCH3 is 1. The zero-order chi connectivity index (χ0) is 22.1. The van der Waals surface area contributed by atoms with Crippen LogP contribution in [0.2, 0.25) is 10.0 Å². The normalized spacial score (nSPS) is 10.8. The molecule has 0 unspecified atom stereocenters. The maximum absolute atomic E-state index is 12.9. The van der Waals surface area contributed by atoms with Gasteiger partial charge in [0, 0.05) is 48.7 Å². The van der Waals surface area contributed by atoms with Gasteiger partial charge in [0.15, 0.2) is 6.61 Å². The minimum Gasteiger partial charge on any atom is -0.484 e. The van der Waals surface area contributed by atoms with E-state index in [1.54, 1.807) is 36.3 Å². The fourth-order valence-corrected chi connectivity index (χ4v) is 3.57. The number of hydrogen-bond donors (Lipinski definition) is 0. The van der Waals surface area contributed by atoms with Crippen molar-refractivity contribution in [2.75, 3.05) is 26.9 Å². The van der Waals surface area contributed by atoms with Gasteiger partial charge in [0.2, 0.25) is 0 Å². The summed E-state index contributed by atoms with van der Waals surface area (Å²) < 4.78 is 13.0. The van der Waals surface area contributed by atoms with Crippen molar-refractivity contribution in [3.8, 4) is 5.75 Å². The van der Waals surface area contributed by atoms with E-state index >= 15 is 0 Å². The Morgan fingerprint density at radius 3 is 2.58 bits per heavy atom. The molecule has 0 spiro atoms. The average Bonchev–Trinajstić information content (AvgIpc) is 3.19. The van der Waals surface area contributed by atoms with Crippen molar-refractivity contribution in [2.45, 2.75) is 19.5 Å². The third-order valence-electron chi connectivity index (χ3n) is 4.82. The Morgan fingerprint density at radius 1 is 1.03 bits per heavy atom. The van der Waals surface area contributed by atoms with Crippen molar-refractivity contribution in [3.63, 3.8) is 0 Å². The van der Waals surface area contributed by atoms with Gasteiger partial charge in [0.25, 0.3) is 5.91 Å². The van der Waals surface area contributed by atoms with Gasteiger partial charge in [-0.25, -0.2) is 0 Å². The van der Waals surface area contributed by atoms with Gasteiger partial charge in [-0.3, -0.25) is 4.79 Å². The van der Waals surface area contributed by atoms with Crippen molar-refractivity contribution in [1.82, 2.24) is 9.47 Å². The Kier molecular flexibility index (Phi) is 8.83. The second-order valence-corrected chi connectivity index (χ2v) is 8.03. The molecule has 5 nitrogen and oxygen atoms in total. The van der Waals surface area contributed by atoms with Gasteiger partial charge < -0.3 is 18.9 Å². The molecule has 3 aromatic rings. The van der Waals surface area contributed by atoms with Crippen LogP contribution >= 0.6 is 23.2 Å². The minimum atomic E-state index is -0.0819. The molecule has 0 bridgehead atoms. The van der Waals surface area contributed by atoms with E-state index in [9.17, 15) is 4.79 Å². The third kappa shape index (κ3) is 7.31. The monoisotopic (exact) mass is 460 g/mol. The van der Waals surface area contributed by atoms with Crippen molar-refractivity contribution < 1.29 is 14.3 Å². The predicted molar refractivity (Wildman–Crippen MR) is 124 cm³/mol. The number of nitrogens with zero attached hydrogens (tertiary/aromatic N) is 2. The summed E-state index contributed by atoms with van der Waals surface area (Å²) in [5.74, 6) is 0.528. The van der Waals surface area contributed by atoms with Crippen molar-refractivity contribution in [3.05, 3.63) is 88.2 Å². The molecule has 0 aliphatic rings. The molecule has 1 aromatic heterocycles. The zero-order valence-electron chi connectivity index (χ0n) is 17.5. The lowest BCUT2D eigenvalue weighted by Crippen LogP contribution is -2.36. The Morgan fingerprint density at radius 2 is 1.84 bits per heavy atom. The molecular weight excluding hydrogens is 435 g/mol. The predicted octanol–water partition coefficient (Wildman–Crippen LogP) is 5.29. The summed E-state index contributed by atoms with van der Waals surface area (Å²) in [4.78, 5) is 14.7. The van der Waals surface area contributed by atoms with Crippen LogP contribution in [0.5, 0.6) is 5.75 Å². The quantitative estimate of drug-likeness (QED) is 0.365. The number of amides is 1. The number of carbonyl (C=O) groups excluding carboxylic acids is 1. The first-order valence-corrected chi connectivity index (χ1v) is 10.8. The summed E-state index contributed by atoms with van der Waals surface area (Å²) >= 11 is 12.0. The van der Waals surface area contributed by atoms with Gasteiger partial charge in [0.1, 0.15) is 5.75 Å². The van der Waals surface area contributed by atoms with E-state index in [1.165, 1.54) is 0 Å². The first-order chi connectivity index (χ1) is 15.0. The molecule has 164 valence electrons. The molecule has 7 heteroatoms. The highest BCUT2D eigenvalue weighted by molar-refractivity contribution is 6.30. The van der Waals surface area contributed by atoms with Crippen molar-refractivity contribution in [1.29, 1.82) is 0 Å². The first-order valence-electron chi connectivity index (χ1n) is 10.1. The molecule has 0 radical (unpaired) electrons. The van der Waals surface area contributed by atoms with Crippen LogP contribution in [0.25, 0.3) is 0 Å². The topological polar surface area (TPSA) is 43.7 Å². The Bertz CT molecular complexity index is 973. The van der Waals surface area contributed by atoms with Crippen LogP contribution < -0.4 is 4.74 Å². The van der Waals surface area contributed by atoms with E-state index in [-0.39, 0.29) is 12.5 Å². The summed E-state index contributed by atoms with van der Waals surface area (Å²) in [5.41, 5.74) is 2.14. The summed E-state index contributed by atoms with van der Waals surface area (Å²) in [6, 6.07) is 18.8. The lowest BCUT2D eigenvalue weighted by atomic mass is 10.2. The molecule has 0 saturated heterocycles. The number of benzene rings is 2. The Labute approximate surface area is 193 Å². The summed E-state index contributed by atoms with van der Waals surface area (Å²) in [7, 11) is 1.66. The van der Waals surface area contributed by atoms with Gasteiger partial charge >= 0.3 is 0 Å². The van der Waals surface area contributed by atoms with E-state index in [0.29, 0.717) is 42.0 Å². The van der Waals surface area contributed by atoms with Gasteiger partial charge in [0.05, 0.1) is 6.54 Å². The van der Waals surface area contributed by atoms with E-state index in [1.807, 2.05) is 42.6 Å². The van der Waals surface area contributed by atoms with Crippen LogP contribution in [-0.4, -0.2) is 42.2 Å². The van der Waals surface area contributed by atoms with Crippen molar-refractivity contribution in [2.24, 2.45) is 0 Å². The SMILES string of the molecule is COCCCN(Cc1cccn1Cc1cccc(Cl)c1)C(=O)COc1ccc(Cl)cc1. The highest BCUT2D eigenvalue weighted by Gasteiger charge is 2.16. The number of carbonyl (C=O) groups is 1. The smallest absolute Gasteiger partial charge is 0.260 e. The number of ether oxygens (including phenoxy) is 2. The molecule has 1 amide bonds. The molecule has 0 atom stereocenters. The average molecular weight is 461 g/mol. The maximum Gasteiger partial charge on any atom is 0.260 e. The zero-order valence-corrected chi connectivity index (χ0v) is 19.0. The van der Waals surface area contributed by atoms with E-state index in [0.717, 1.165) is 17.7 Å². The highest BCUT2D eigenvalue weighted by Crippen LogP contribution is 2.17. The second kappa shape index (κ2) is 11.8. The number of aromatic nitrogens is 1. The van der Waals surface area contributed by atoms with E-state index < -0.39 is 0 Å². The van der Waals surface area contributed by atoms with Crippen LogP contribution in [-0.2, 0) is 22.6 Å². The van der Waals surface area contributed by atoms with Gasteiger partial charge in [-0.1, -0.05) is 35.3 Å². The molecule has 0 N–H and O–H groups in total. The Hall–Kier alpha value is -2.47. The van der Waals surface area contributed by atoms with Crippen LogP contribution in [0.15, 0.2) is 66.9 Å². The lowest BCUT2D eigenvalue weighted by molar-refractivity contribution is -0.134. The van der Waals surface area contributed by atoms with E-state index in [2.05, 4.69) is 4.57 Å². The van der Waals surface area contributed by atoms with Crippen molar-refractivity contribution >= 4 is 29.1 Å².